The summed E-state index contributed by atoms with van der Waals surface area (Å²) in [6.45, 7) is 3.36. The number of nitrogens with one attached hydrogen (secondary N) is 2. The lowest BCUT2D eigenvalue weighted by atomic mass is 10.0. The fraction of sp³-hybridized carbons (Fsp3) is 0.636. The molecule has 1 aromatic rings. The first-order valence-electron chi connectivity index (χ1n) is 5.68. The van der Waals surface area contributed by atoms with Gasteiger partial charge in [-0.05, 0) is 6.92 Å². The van der Waals surface area contributed by atoms with Crippen LogP contribution in [0.25, 0.3) is 0 Å². The zero-order valence-corrected chi connectivity index (χ0v) is 10.2. The van der Waals surface area contributed by atoms with E-state index in [0.29, 0.717) is 32.1 Å². The molecule has 17 heavy (non-hydrogen) atoms. The van der Waals surface area contributed by atoms with Gasteiger partial charge in [-0.25, -0.2) is 4.98 Å². The summed E-state index contributed by atoms with van der Waals surface area (Å²) in [6, 6.07) is 0. The summed E-state index contributed by atoms with van der Waals surface area (Å²) in [5.74, 6) is 1.30. The van der Waals surface area contributed by atoms with E-state index in [1.807, 2.05) is 6.92 Å². The quantitative estimate of drug-likeness (QED) is 0.704. The van der Waals surface area contributed by atoms with Crippen LogP contribution in [0.5, 0.6) is 0 Å². The Morgan fingerprint density at radius 3 is 3.06 bits per heavy atom. The van der Waals surface area contributed by atoms with Crippen molar-refractivity contribution >= 4 is 11.8 Å². The van der Waals surface area contributed by atoms with Gasteiger partial charge in [0.2, 0.25) is 5.95 Å². The number of hydrogen-bond acceptors (Lipinski definition) is 6. The van der Waals surface area contributed by atoms with Crippen molar-refractivity contribution in [3.63, 3.8) is 0 Å². The summed E-state index contributed by atoms with van der Waals surface area (Å²) < 4.78 is 5.19. The smallest absolute Gasteiger partial charge is 0.224 e. The third kappa shape index (κ3) is 2.83. The topological polar surface area (TPSA) is 79.3 Å². The van der Waals surface area contributed by atoms with Gasteiger partial charge in [-0.1, -0.05) is 0 Å². The normalized spacial score (nSPS) is 23.7. The van der Waals surface area contributed by atoms with Gasteiger partial charge in [-0.3, -0.25) is 0 Å². The van der Waals surface area contributed by atoms with Crippen molar-refractivity contribution in [1.82, 2.24) is 9.97 Å². The molecule has 1 atom stereocenters. The largest absolute Gasteiger partial charge is 0.386 e. The fourth-order valence-electron chi connectivity index (χ4n) is 1.73. The predicted molar refractivity (Wildman–Crippen MR) is 65.2 cm³/mol. The van der Waals surface area contributed by atoms with Crippen LogP contribution in [0.15, 0.2) is 6.20 Å². The summed E-state index contributed by atoms with van der Waals surface area (Å²) >= 11 is 0. The van der Waals surface area contributed by atoms with E-state index in [4.69, 9.17) is 4.74 Å². The number of aromatic nitrogens is 2. The lowest BCUT2D eigenvalue weighted by Gasteiger charge is -2.21. The van der Waals surface area contributed by atoms with E-state index in [0.717, 1.165) is 11.4 Å². The van der Waals surface area contributed by atoms with Crippen molar-refractivity contribution in [3.05, 3.63) is 11.8 Å². The molecule has 1 aromatic heterocycles. The zero-order valence-electron chi connectivity index (χ0n) is 10.2. The number of aryl methyl sites for hydroxylation is 1. The number of hydrogen-bond donors (Lipinski definition) is 3. The number of ether oxygens (including phenoxy) is 1. The third-order valence-electron chi connectivity index (χ3n) is 2.86. The molecule has 2 heterocycles. The van der Waals surface area contributed by atoms with E-state index >= 15 is 0 Å². The maximum absolute atomic E-state index is 10.1. The Labute approximate surface area is 100 Å². The van der Waals surface area contributed by atoms with Crippen LogP contribution in [0.4, 0.5) is 11.8 Å². The SMILES string of the molecule is CNc1ncc(C)c(NCC2(O)CCOC2)n1. The maximum Gasteiger partial charge on any atom is 0.224 e. The van der Waals surface area contributed by atoms with E-state index < -0.39 is 5.60 Å². The number of anilines is 2. The molecule has 0 aromatic carbocycles. The first-order chi connectivity index (χ1) is 8.13. The highest BCUT2D eigenvalue weighted by Gasteiger charge is 2.32. The van der Waals surface area contributed by atoms with E-state index in [1.165, 1.54) is 0 Å². The molecule has 0 saturated carbocycles. The van der Waals surface area contributed by atoms with Gasteiger partial charge in [0.25, 0.3) is 0 Å². The van der Waals surface area contributed by atoms with Gasteiger partial charge in [-0.2, -0.15) is 4.98 Å². The standard InChI is InChI=1S/C11H18N4O2/c1-8-5-13-10(12-2)15-9(8)14-6-11(16)3-4-17-7-11/h5,16H,3-4,6-7H2,1-2H3,(H2,12,13,14,15). The van der Waals surface area contributed by atoms with Crippen molar-refractivity contribution in [2.75, 3.05) is 37.4 Å². The molecule has 1 aliphatic rings. The third-order valence-corrected chi connectivity index (χ3v) is 2.86. The van der Waals surface area contributed by atoms with E-state index in [2.05, 4.69) is 20.6 Å². The highest BCUT2D eigenvalue weighted by atomic mass is 16.5. The van der Waals surface area contributed by atoms with Gasteiger partial charge in [0.1, 0.15) is 11.4 Å². The van der Waals surface area contributed by atoms with Crippen LogP contribution in [0, 0.1) is 6.92 Å². The van der Waals surface area contributed by atoms with Crippen LogP contribution in [-0.4, -0.2) is 47.5 Å². The molecule has 0 radical (unpaired) electrons. The van der Waals surface area contributed by atoms with Crippen molar-refractivity contribution in [2.24, 2.45) is 0 Å². The van der Waals surface area contributed by atoms with Gasteiger partial charge in [0.05, 0.1) is 6.61 Å². The van der Waals surface area contributed by atoms with Crippen LogP contribution < -0.4 is 10.6 Å². The summed E-state index contributed by atoms with van der Waals surface area (Å²) in [4.78, 5) is 8.40. The minimum atomic E-state index is -0.781. The second kappa shape index (κ2) is 4.85. The Morgan fingerprint density at radius 2 is 2.41 bits per heavy atom. The molecule has 6 heteroatoms. The van der Waals surface area contributed by atoms with Gasteiger partial charge in [0, 0.05) is 38.4 Å². The molecule has 1 unspecified atom stereocenters. The maximum atomic E-state index is 10.1. The molecule has 0 bridgehead atoms. The average Bonchev–Trinajstić information content (AvgIpc) is 2.76. The second-order valence-corrected chi connectivity index (χ2v) is 4.36. The van der Waals surface area contributed by atoms with Gasteiger partial charge >= 0.3 is 0 Å². The van der Waals surface area contributed by atoms with Gasteiger partial charge < -0.3 is 20.5 Å². The predicted octanol–water partition coefficient (Wildman–Crippen LogP) is 0.390. The first-order valence-corrected chi connectivity index (χ1v) is 5.68. The van der Waals surface area contributed by atoms with Gasteiger partial charge in [-0.15, -0.1) is 0 Å². The summed E-state index contributed by atoms with van der Waals surface area (Å²) in [5.41, 5.74) is 0.170. The number of aliphatic hydroxyl groups is 1. The molecular formula is C11H18N4O2. The van der Waals surface area contributed by atoms with Crippen molar-refractivity contribution in [2.45, 2.75) is 18.9 Å². The number of nitrogens with zero attached hydrogens (tertiary/aromatic N) is 2. The molecule has 1 saturated heterocycles. The molecule has 2 rings (SSSR count). The monoisotopic (exact) mass is 238 g/mol. The van der Waals surface area contributed by atoms with E-state index in [-0.39, 0.29) is 0 Å². The summed E-state index contributed by atoms with van der Waals surface area (Å²) in [7, 11) is 1.77. The molecule has 1 fully saturated rings. The average molecular weight is 238 g/mol. The Kier molecular flexibility index (Phi) is 3.44. The van der Waals surface area contributed by atoms with Crippen molar-refractivity contribution < 1.29 is 9.84 Å². The summed E-state index contributed by atoms with van der Waals surface area (Å²) in [6.07, 6.45) is 2.40. The molecule has 0 aliphatic carbocycles. The van der Waals surface area contributed by atoms with Crippen LogP contribution >= 0.6 is 0 Å². The molecule has 94 valence electrons. The fourth-order valence-corrected chi connectivity index (χ4v) is 1.73. The molecular weight excluding hydrogens is 220 g/mol. The zero-order chi connectivity index (χ0) is 12.3. The lowest BCUT2D eigenvalue weighted by molar-refractivity contribution is 0.0381. The Balaban J connectivity index is 2.02. The molecule has 6 nitrogen and oxygen atoms in total. The molecule has 1 aliphatic heterocycles. The van der Waals surface area contributed by atoms with Crippen molar-refractivity contribution in [3.8, 4) is 0 Å². The van der Waals surface area contributed by atoms with Gasteiger partial charge in [0.15, 0.2) is 0 Å². The van der Waals surface area contributed by atoms with Crippen molar-refractivity contribution in [1.29, 1.82) is 0 Å². The molecule has 0 spiro atoms. The molecule has 3 N–H and O–H groups in total. The van der Waals surface area contributed by atoms with Crippen LogP contribution in [0.2, 0.25) is 0 Å². The number of rotatable bonds is 4. The minimum Gasteiger partial charge on any atom is -0.386 e. The van der Waals surface area contributed by atoms with E-state index in [9.17, 15) is 5.11 Å². The van der Waals surface area contributed by atoms with Crippen LogP contribution in [-0.2, 0) is 4.74 Å². The minimum absolute atomic E-state index is 0.378. The van der Waals surface area contributed by atoms with Crippen LogP contribution in [0.1, 0.15) is 12.0 Å². The first kappa shape index (κ1) is 12.1. The van der Waals surface area contributed by atoms with E-state index in [1.54, 1.807) is 13.2 Å². The van der Waals surface area contributed by atoms with Crippen LogP contribution in [0.3, 0.4) is 0 Å². The highest BCUT2D eigenvalue weighted by Crippen LogP contribution is 2.20. The Morgan fingerprint density at radius 1 is 1.59 bits per heavy atom. The Hall–Kier alpha value is -1.40. The lowest BCUT2D eigenvalue weighted by Crippen LogP contribution is -2.37. The Bertz CT molecular complexity index is 391. The highest BCUT2D eigenvalue weighted by molar-refractivity contribution is 5.46. The summed E-state index contributed by atoms with van der Waals surface area (Å²) in [5, 5.41) is 16.2. The molecule has 0 amide bonds. The second-order valence-electron chi connectivity index (χ2n) is 4.36.